The Balaban J connectivity index is 1.37. The van der Waals surface area contributed by atoms with Crippen molar-refractivity contribution in [3.05, 3.63) is 58.3 Å². The van der Waals surface area contributed by atoms with Gasteiger partial charge in [0.05, 0.1) is 41.1 Å². The summed E-state index contributed by atoms with van der Waals surface area (Å²) in [7, 11) is 1.54. The highest BCUT2D eigenvalue weighted by atomic mass is 19.4. The third kappa shape index (κ3) is 5.10. The van der Waals surface area contributed by atoms with Crippen LogP contribution in [0.25, 0.3) is 22.5 Å². The van der Waals surface area contributed by atoms with Crippen LogP contribution >= 0.6 is 0 Å². The average molecular weight is 541 g/mol. The predicted molar refractivity (Wildman–Crippen MR) is 123 cm³/mol. The SMILES string of the molecule is Cn1c(=O)n(Cc2ccc(-c3nnc(C(F)F)o3)cn2)c2cc(F)c(N3CCN(CC(F)(F)F)CC3)cc21. The van der Waals surface area contributed by atoms with Crippen LogP contribution in [0.1, 0.15) is 18.0 Å². The normalized spacial score (nSPS) is 15.2. The number of hydrogen-bond donors (Lipinski definition) is 0. The Kier molecular flexibility index (Phi) is 6.63. The summed E-state index contributed by atoms with van der Waals surface area (Å²) in [5.41, 5.74) is 1.30. The van der Waals surface area contributed by atoms with Gasteiger partial charge in [-0.3, -0.25) is 19.0 Å². The van der Waals surface area contributed by atoms with Gasteiger partial charge in [-0.25, -0.2) is 9.18 Å². The van der Waals surface area contributed by atoms with Gasteiger partial charge in [0.15, 0.2) is 0 Å². The summed E-state index contributed by atoms with van der Waals surface area (Å²) in [5.74, 6) is -1.54. The molecule has 0 aliphatic carbocycles. The second-order valence-electron chi connectivity index (χ2n) is 8.88. The average Bonchev–Trinajstić information content (AvgIpc) is 3.44. The molecule has 0 bridgehead atoms. The summed E-state index contributed by atoms with van der Waals surface area (Å²) >= 11 is 0. The highest BCUT2D eigenvalue weighted by molar-refractivity contribution is 5.81. The van der Waals surface area contributed by atoms with Crippen molar-refractivity contribution in [2.45, 2.75) is 19.1 Å². The summed E-state index contributed by atoms with van der Waals surface area (Å²) in [6.07, 6.45) is -5.86. The maximum absolute atomic E-state index is 15.2. The lowest BCUT2D eigenvalue weighted by atomic mass is 10.2. The lowest BCUT2D eigenvalue weighted by molar-refractivity contribution is -0.146. The highest BCUT2D eigenvalue weighted by Gasteiger charge is 2.32. The number of hydrogen-bond acceptors (Lipinski definition) is 7. The Hall–Kier alpha value is -3.88. The van der Waals surface area contributed by atoms with E-state index in [9.17, 15) is 26.7 Å². The van der Waals surface area contributed by atoms with Gasteiger partial charge in [-0.15, -0.1) is 10.2 Å². The first-order valence-corrected chi connectivity index (χ1v) is 11.5. The first kappa shape index (κ1) is 25.8. The molecule has 0 amide bonds. The van der Waals surface area contributed by atoms with E-state index in [1.165, 1.54) is 45.5 Å². The van der Waals surface area contributed by atoms with E-state index in [4.69, 9.17) is 4.42 Å². The second kappa shape index (κ2) is 9.78. The largest absolute Gasteiger partial charge is 0.415 e. The van der Waals surface area contributed by atoms with Gasteiger partial charge >= 0.3 is 18.3 Å². The zero-order valence-electron chi connectivity index (χ0n) is 19.9. The van der Waals surface area contributed by atoms with Gasteiger partial charge in [-0.1, -0.05) is 0 Å². The van der Waals surface area contributed by atoms with Gasteiger partial charge in [-0.2, -0.15) is 22.0 Å². The predicted octanol–water partition coefficient (Wildman–Crippen LogP) is 3.59. The van der Waals surface area contributed by atoms with Crippen molar-refractivity contribution in [1.29, 1.82) is 0 Å². The quantitative estimate of drug-likeness (QED) is 0.345. The smallest absolute Gasteiger partial charge is 0.401 e. The summed E-state index contributed by atoms with van der Waals surface area (Å²) in [4.78, 5) is 20.1. The first-order chi connectivity index (χ1) is 18.0. The summed E-state index contributed by atoms with van der Waals surface area (Å²) < 4.78 is 86.2. The van der Waals surface area contributed by atoms with Crippen molar-refractivity contribution in [1.82, 2.24) is 29.2 Å². The number of fused-ring (bicyclic) bond motifs is 1. The molecule has 0 unspecified atom stereocenters. The van der Waals surface area contributed by atoms with E-state index in [0.29, 0.717) is 22.3 Å². The maximum atomic E-state index is 15.2. The number of benzene rings is 1. The molecule has 1 aliphatic heterocycles. The summed E-state index contributed by atoms with van der Waals surface area (Å²) in [5, 5.41) is 6.83. The number of pyridine rings is 1. The fourth-order valence-electron chi connectivity index (χ4n) is 4.45. The number of anilines is 1. The third-order valence-corrected chi connectivity index (χ3v) is 6.35. The zero-order valence-corrected chi connectivity index (χ0v) is 19.9. The molecule has 0 saturated carbocycles. The van der Waals surface area contributed by atoms with E-state index >= 15 is 4.39 Å². The van der Waals surface area contributed by atoms with Gasteiger partial charge in [0.2, 0.25) is 5.89 Å². The molecule has 0 spiro atoms. The van der Waals surface area contributed by atoms with Crippen LogP contribution in [0, 0.1) is 5.82 Å². The summed E-state index contributed by atoms with van der Waals surface area (Å²) in [6.45, 7) is -0.334. The first-order valence-electron chi connectivity index (χ1n) is 11.5. The fourth-order valence-corrected chi connectivity index (χ4v) is 4.45. The van der Waals surface area contributed by atoms with E-state index in [-0.39, 0.29) is 44.3 Å². The van der Waals surface area contributed by atoms with Crippen LogP contribution < -0.4 is 10.6 Å². The third-order valence-electron chi connectivity index (χ3n) is 6.35. The van der Waals surface area contributed by atoms with Crippen molar-refractivity contribution in [2.75, 3.05) is 37.6 Å². The molecule has 0 N–H and O–H groups in total. The molecule has 1 fully saturated rings. The van der Waals surface area contributed by atoms with Crippen LogP contribution in [0.2, 0.25) is 0 Å². The van der Waals surface area contributed by atoms with Gasteiger partial charge in [-0.05, 0) is 18.2 Å². The van der Waals surface area contributed by atoms with Crippen LogP contribution in [0.4, 0.5) is 32.0 Å². The molecule has 1 saturated heterocycles. The van der Waals surface area contributed by atoms with E-state index in [1.54, 1.807) is 11.0 Å². The van der Waals surface area contributed by atoms with Crippen molar-refractivity contribution in [3.63, 3.8) is 0 Å². The molecule has 4 aromatic rings. The lowest BCUT2D eigenvalue weighted by Gasteiger charge is -2.36. The van der Waals surface area contributed by atoms with Crippen molar-refractivity contribution in [3.8, 4) is 11.5 Å². The maximum Gasteiger partial charge on any atom is 0.401 e. The minimum Gasteiger partial charge on any atom is -0.415 e. The molecule has 202 valence electrons. The molecule has 1 aromatic carbocycles. The number of imidazole rings is 1. The topological polar surface area (TPSA) is 85.2 Å². The van der Waals surface area contributed by atoms with E-state index in [2.05, 4.69) is 15.2 Å². The Morgan fingerprint density at radius 2 is 1.79 bits per heavy atom. The monoisotopic (exact) mass is 541 g/mol. The number of alkyl halides is 5. The lowest BCUT2D eigenvalue weighted by Crippen LogP contribution is -2.49. The molecule has 4 heterocycles. The summed E-state index contributed by atoms with van der Waals surface area (Å²) in [6, 6.07) is 5.83. The number of aryl methyl sites for hydroxylation is 1. The second-order valence-corrected chi connectivity index (χ2v) is 8.88. The highest BCUT2D eigenvalue weighted by Crippen LogP contribution is 2.28. The van der Waals surface area contributed by atoms with E-state index in [1.807, 2.05) is 0 Å². The van der Waals surface area contributed by atoms with Gasteiger partial charge in [0.25, 0.3) is 5.89 Å². The molecule has 1 aliphatic rings. The van der Waals surface area contributed by atoms with E-state index < -0.39 is 36.5 Å². The van der Waals surface area contributed by atoms with Crippen LogP contribution in [-0.2, 0) is 13.6 Å². The molecule has 3 aromatic heterocycles. The standard InChI is InChI=1S/C23H21F6N7O2/c1-33-17-9-16(35-6-4-34(5-7-35)12-23(27,28)29)15(24)8-18(17)36(22(33)37)11-14-3-2-13(10-30-14)20-31-32-21(38-20)19(25)26/h2-3,8-10,19H,4-7,11-12H2,1H3. The molecule has 0 radical (unpaired) electrons. The molecule has 38 heavy (non-hydrogen) atoms. The molecule has 0 atom stereocenters. The molecule has 15 heteroatoms. The van der Waals surface area contributed by atoms with E-state index in [0.717, 1.165) is 0 Å². The minimum absolute atomic E-state index is 0.00251. The van der Waals surface area contributed by atoms with Gasteiger partial charge in [0.1, 0.15) is 5.82 Å². The molecule has 9 nitrogen and oxygen atoms in total. The number of halogens is 6. The van der Waals surface area contributed by atoms with Gasteiger partial charge in [0, 0.05) is 45.5 Å². The Bertz CT molecular complexity index is 1500. The number of piperazine rings is 1. The Morgan fingerprint density at radius 1 is 1.05 bits per heavy atom. The van der Waals surface area contributed by atoms with Gasteiger partial charge < -0.3 is 9.32 Å². The van der Waals surface area contributed by atoms with Crippen LogP contribution in [0.15, 0.2) is 39.7 Å². The minimum atomic E-state index is -4.30. The fraction of sp³-hybridized carbons (Fsp3) is 0.391. The van der Waals surface area contributed by atoms with Crippen LogP contribution in [-0.4, -0.2) is 68.1 Å². The van der Waals surface area contributed by atoms with Crippen LogP contribution in [0.5, 0.6) is 0 Å². The Morgan fingerprint density at radius 3 is 2.39 bits per heavy atom. The van der Waals surface area contributed by atoms with Crippen molar-refractivity contribution in [2.24, 2.45) is 7.05 Å². The van der Waals surface area contributed by atoms with Crippen LogP contribution in [0.3, 0.4) is 0 Å². The molecular weight excluding hydrogens is 520 g/mol. The molecule has 5 rings (SSSR count). The molecular formula is C23H21F6N7O2. The Labute approximate surface area is 210 Å². The van der Waals surface area contributed by atoms with Crippen molar-refractivity contribution < 1.29 is 30.8 Å². The zero-order chi connectivity index (χ0) is 27.2. The number of rotatable bonds is 6. The van der Waals surface area contributed by atoms with Crippen molar-refractivity contribution >= 4 is 16.7 Å². The number of aromatic nitrogens is 5. The number of nitrogens with zero attached hydrogens (tertiary/aromatic N) is 7.